The SMILES string of the molecule is Clc1cccn2c(C3CCCCNC3)nc(Cl)c12. The third kappa shape index (κ3) is 2.11. The molecule has 3 heterocycles. The lowest BCUT2D eigenvalue weighted by Gasteiger charge is -2.13. The Morgan fingerprint density at radius 3 is 3.11 bits per heavy atom. The number of imidazole rings is 1. The van der Waals surface area contributed by atoms with Crippen molar-refractivity contribution in [3.05, 3.63) is 34.3 Å². The molecule has 0 aromatic carbocycles. The number of halogens is 2. The van der Waals surface area contributed by atoms with Gasteiger partial charge in [-0.05, 0) is 31.5 Å². The molecule has 0 bridgehead atoms. The van der Waals surface area contributed by atoms with Gasteiger partial charge >= 0.3 is 0 Å². The topological polar surface area (TPSA) is 29.3 Å². The molecule has 96 valence electrons. The zero-order valence-corrected chi connectivity index (χ0v) is 11.5. The molecule has 18 heavy (non-hydrogen) atoms. The van der Waals surface area contributed by atoms with Gasteiger partial charge in [-0.15, -0.1) is 0 Å². The van der Waals surface area contributed by atoms with Gasteiger partial charge in [0.05, 0.1) is 5.02 Å². The molecule has 0 radical (unpaired) electrons. The quantitative estimate of drug-likeness (QED) is 0.868. The second kappa shape index (κ2) is 5.08. The summed E-state index contributed by atoms with van der Waals surface area (Å²) in [5.74, 6) is 1.43. The lowest BCUT2D eigenvalue weighted by molar-refractivity contribution is 0.576. The summed E-state index contributed by atoms with van der Waals surface area (Å²) in [6, 6.07) is 3.78. The minimum atomic E-state index is 0.408. The van der Waals surface area contributed by atoms with E-state index in [1.54, 1.807) is 0 Å². The first-order valence-electron chi connectivity index (χ1n) is 6.30. The monoisotopic (exact) mass is 283 g/mol. The van der Waals surface area contributed by atoms with Crippen LogP contribution in [0, 0.1) is 0 Å². The van der Waals surface area contributed by atoms with Crippen LogP contribution < -0.4 is 5.32 Å². The number of nitrogens with one attached hydrogen (secondary N) is 1. The van der Waals surface area contributed by atoms with Crippen molar-refractivity contribution in [3.8, 4) is 0 Å². The summed E-state index contributed by atoms with van der Waals surface area (Å²) in [5, 5.41) is 4.61. The van der Waals surface area contributed by atoms with E-state index in [1.807, 2.05) is 22.7 Å². The van der Waals surface area contributed by atoms with Gasteiger partial charge in [0.2, 0.25) is 0 Å². The van der Waals surface area contributed by atoms with E-state index in [-0.39, 0.29) is 0 Å². The van der Waals surface area contributed by atoms with Gasteiger partial charge in [0.25, 0.3) is 0 Å². The molecular formula is C13H15Cl2N3. The lowest BCUT2D eigenvalue weighted by Crippen LogP contribution is -2.20. The van der Waals surface area contributed by atoms with Crippen LogP contribution in [0.4, 0.5) is 0 Å². The van der Waals surface area contributed by atoms with Gasteiger partial charge in [-0.25, -0.2) is 4.98 Å². The van der Waals surface area contributed by atoms with Gasteiger partial charge in [-0.2, -0.15) is 0 Å². The zero-order valence-electron chi connectivity index (χ0n) is 10.00. The van der Waals surface area contributed by atoms with Crippen LogP contribution in [0.25, 0.3) is 5.52 Å². The molecule has 1 atom stereocenters. The van der Waals surface area contributed by atoms with Crippen molar-refractivity contribution in [3.63, 3.8) is 0 Å². The van der Waals surface area contributed by atoms with Crippen molar-refractivity contribution in [1.29, 1.82) is 0 Å². The molecule has 0 saturated carbocycles. The van der Waals surface area contributed by atoms with E-state index < -0.39 is 0 Å². The fourth-order valence-electron chi connectivity index (χ4n) is 2.61. The van der Waals surface area contributed by atoms with Crippen LogP contribution in [-0.2, 0) is 0 Å². The summed E-state index contributed by atoms with van der Waals surface area (Å²) < 4.78 is 2.03. The molecule has 0 amide bonds. The van der Waals surface area contributed by atoms with Crippen LogP contribution >= 0.6 is 23.2 Å². The van der Waals surface area contributed by atoms with Gasteiger partial charge < -0.3 is 9.72 Å². The van der Waals surface area contributed by atoms with Crippen LogP contribution in [0.15, 0.2) is 18.3 Å². The smallest absolute Gasteiger partial charge is 0.156 e. The van der Waals surface area contributed by atoms with Crippen LogP contribution in [0.1, 0.15) is 31.0 Å². The summed E-state index contributed by atoms with van der Waals surface area (Å²) >= 11 is 12.4. The van der Waals surface area contributed by atoms with E-state index in [4.69, 9.17) is 23.2 Å². The molecule has 1 fully saturated rings. The van der Waals surface area contributed by atoms with Gasteiger partial charge in [-0.3, -0.25) is 0 Å². The molecule has 2 aromatic rings. The van der Waals surface area contributed by atoms with Crippen molar-refractivity contribution >= 4 is 28.7 Å². The highest BCUT2D eigenvalue weighted by atomic mass is 35.5. The summed E-state index contributed by atoms with van der Waals surface area (Å²) in [6.07, 6.45) is 5.59. The first kappa shape index (κ1) is 12.3. The fraction of sp³-hybridized carbons (Fsp3) is 0.462. The Balaban J connectivity index is 2.08. The van der Waals surface area contributed by atoms with Crippen LogP contribution in [-0.4, -0.2) is 22.5 Å². The number of nitrogens with zero attached hydrogens (tertiary/aromatic N) is 2. The number of hydrogen-bond acceptors (Lipinski definition) is 2. The number of aromatic nitrogens is 2. The van der Waals surface area contributed by atoms with Gasteiger partial charge in [0.15, 0.2) is 5.15 Å². The predicted octanol–water partition coefficient (Wildman–Crippen LogP) is 3.50. The van der Waals surface area contributed by atoms with E-state index in [0.717, 1.165) is 30.9 Å². The molecular weight excluding hydrogens is 269 g/mol. The van der Waals surface area contributed by atoms with Crippen molar-refractivity contribution in [2.24, 2.45) is 0 Å². The minimum absolute atomic E-state index is 0.408. The molecule has 1 unspecified atom stereocenters. The Bertz CT molecular complexity index is 557. The normalized spacial score (nSPS) is 21.1. The van der Waals surface area contributed by atoms with Crippen LogP contribution in [0.2, 0.25) is 10.2 Å². The van der Waals surface area contributed by atoms with Crippen LogP contribution in [0.5, 0.6) is 0 Å². The average Bonchev–Trinajstić information content (AvgIpc) is 2.56. The molecule has 1 saturated heterocycles. The molecule has 1 aliphatic heterocycles. The Hall–Kier alpha value is -0.770. The highest BCUT2D eigenvalue weighted by Crippen LogP contribution is 2.30. The van der Waals surface area contributed by atoms with E-state index >= 15 is 0 Å². The maximum absolute atomic E-state index is 6.21. The van der Waals surface area contributed by atoms with Gasteiger partial charge in [0.1, 0.15) is 11.3 Å². The zero-order chi connectivity index (χ0) is 12.5. The summed E-state index contributed by atoms with van der Waals surface area (Å²) in [5.41, 5.74) is 0.820. The Kier molecular flexibility index (Phi) is 3.46. The van der Waals surface area contributed by atoms with Crippen LogP contribution in [0.3, 0.4) is 0 Å². The summed E-state index contributed by atoms with van der Waals surface area (Å²) in [7, 11) is 0. The molecule has 0 spiro atoms. The van der Waals surface area contributed by atoms with E-state index in [1.165, 1.54) is 12.8 Å². The third-order valence-electron chi connectivity index (χ3n) is 3.51. The maximum Gasteiger partial charge on any atom is 0.156 e. The molecule has 0 aliphatic carbocycles. The minimum Gasteiger partial charge on any atom is -0.316 e. The van der Waals surface area contributed by atoms with E-state index in [2.05, 4.69) is 10.3 Å². The number of fused-ring (bicyclic) bond motifs is 1. The molecule has 3 rings (SSSR count). The fourth-order valence-corrected chi connectivity index (χ4v) is 3.19. The third-order valence-corrected chi connectivity index (χ3v) is 4.08. The molecule has 3 nitrogen and oxygen atoms in total. The first-order chi connectivity index (χ1) is 8.77. The Morgan fingerprint density at radius 2 is 2.22 bits per heavy atom. The van der Waals surface area contributed by atoms with Gasteiger partial charge in [0, 0.05) is 18.7 Å². The number of hydrogen-bond donors (Lipinski definition) is 1. The molecule has 2 aromatic heterocycles. The van der Waals surface area contributed by atoms with Crippen molar-refractivity contribution in [2.45, 2.75) is 25.2 Å². The average molecular weight is 284 g/mol. The van der Waals surface area contributed by atoms with Crippen molar-refractivity contribution in [2.75, 3.05) is 13.1 Å². The van der Waals surface area contributed by atoms with E-state index in [0.29, 0.717) is 16.1 Å². The summed E-state index contributed by atoms with van der Waals surface area (Å²) in [4.78, 5) is 4.52. The molecule has 1 aliphatic rings. The van der Waals surface area contributed by atoms with Crippen molar-refractivity contribution in [1.82, 2.24) is 14.7 Å². The second-order valence-corrected chi connectivity index (χ2v) is 5.50. The molecule has 5 heteroatoms. The highest BCUT2D eigenvalue weighted by Gasteiger charge is 2.21. The first-order valence-corrected chi connectivity index (χ1v) is 7.05. The van der Waals surface area contributed by atoms with Gasteiger partial charge in [-0.1, -0.05) is 29.6 Å². The Morgan fingerprint density at radius 1 is 1.33 bits per heavy atom. The lowest BCUT2D eigenvalue weighted by atomic mass is 10.0. The highest BCUT2D eigenvalue weighted by molar-refractivity contribution is 6.39. The largest absolute Gasteiger partial charge is 0.316 e. The maximum atomic E-state index is 6.21. The number of rotatable bonds is 1. The second-order valence-electron chi connectivity index (χ2n) is 4.73. The standard InChI is InChI=1S/C13H15Cl2N3/c14-10-5-3-7-18-11(10)12(15)17-13(18)9-4-1-2-6-16-8-9/h3,5,7,9,16H,1-2,4,6,8H2. The predicted molar refractivity (Wildman–Crippen MR) is 74.7 cm³/mol. The molecule has 1 N–H and O–H groups in total. The summed E-state index contributed by atoms with van der Waals surface area (Å²) in [6.45, 7) is 2.05. The van der Waals surface area contributed by atoms with Crippen molar-refractivity contribution < 1.29 is 0 Å². The van der Waals surface area contributed by atoms with E-state index in [9.17, 15) is 0 Å². The Labute approximate surface area is 116 Å². The number of pyridine rings is 1.